The number of hydrogen-bond donors (Lipinski definition) is 3. The summed E-state index contributed by atoms with van der Waals surface area (Å²) in [5.74, 6) is 5.36. The van der Waals surface area contributed by atoms with Crippen molar-refractivity contribution in [1.82, 2.24) is 0 Å². The van der Waals surface area contributed by atoms with Gasteiger partial charge >= 0.3 is 0 Å². The zero-order chi connectivity index (χ0) is 19.4. The number of hydrazone groups is 1. The summed E-state index contributed by atoms with van der Waals surface area (Å²) < 4.78 is 11.0. The highest BCUT2D eigenvalue weighted by Gasteiger charge is 2.14. The van der Waals surface area contributed by atoms with E-state index in [0.717, 1.165) is 0 Å². The molecule has 0 fully saturated rings. The summed E-state index contributed by atoms with van der Waals surface area (Å²) >= 11 is 0. The van der Waals surface area contributed by atoms with Gasteiger partial charge in [-0.15, -0.1) is 0 Å². The molecule has 1 heterocycles. The Bertz CT molecular complexity index is 1070. The first-order valence-corrected chi connectivity index (χ1v) is 8.18. The Hall–Kier alpha value is -3.81. The molecule has 27 heavy (non-hydrogen) atoms. The maximum atomic E-state index is 12.5. The number of nitrogens with zero attached hydrogens (tertiary/aromatic N) is 1. The molecule has 0 spiro atoms. The molecule has 0 aliphatic rings. The van der Waals surface area contributed by atoms with Crippen LogP contribution in [0, 0.1) is 0 Å². The third-order valence-electron chi connectivity index (χ3n) is 3.82. The summed E-state index contributed by atoms with van der Waals surface area (Å²) in [5, 5.41) is 6.37. The molecule has 1 aromatic heterocycles. The van der Waals surface area contributed by atoms with Gasteiger partial charge in [0.1, 0.15) is 5.75 Å². The first-order chi connectivity index (χ1) is 13.0. The minimum atomic E-state index is -0.362. The van der Waals surface area contributed by atoms with E-state index < -0.39 is 0 Å². The molecule has 3 rings (SSSR count). The fourth-order valence-electron chi connectivity index (χ4n) is 2.53. The van der Waals surface area contributed by atoms with Gasteiger partial charge in [0, 0.05) is 11.6 Å². The molecule has 2 aromatic carbocycles. The zero-order valence-corrected chi connectivity index (χ0v) is 14.6. The van der Waals surface area contributed by atoms with Crippen LogP contribution in [0.2, 0.25) is 0 Å². The molecule has 0 atom stereocenters. The van der Waals surface area contributed by atoms with E-state index in [1.807, 2.05) is 6.92 Å². The molecule has 0 radical (unpaired) electrons. The standard InChI is InChI=1S/C19H18N4O4/c1-2-26-12-8-6-11(7-9-12)19(25)22-14-5-3-4-13-15(24)10-16(18(20)23-21)27-17(13)14/h3-10H,2,21H2,1H3,(H2,20,23)(H,22,25). The van der Waals surface area contributed by atoms with Crippen molar-refractivity contribution >= 4 is 28.4 Å². The Morgan fingerprint density at radius 3 is 2.63 bits per heavy atom. The third-order valence-corrected chi connectivity index (χ3v) is 3.82. The molecule has 0 saturated carbocycles. The quantitative estimate of drug-likeness (QED) is 0.274. The predicted molar refractivity (Wildman–Crippen MR) is 103 cm³/mol. The van der Waals surface area contributed by atoms with Gasteiger partial charge in [0.2, 0.25) is 0 Å². The lowest BCUT2D eigenvalue weighted by atomic mass is 10.1. The molecule has 0 unspecified atom stereocenters. The number of carbonyl (C=O) groups is 1. The number of benzene rings is 2. The number of para-hydroxylation sites is 1. The van der Waals surface area contributed by atoms with E-state index in [9.17, 15) is 9.59 Å². The van der Waals surface area contributed by atoms with Gasteiger partial charge < -0.3 is 26.0 Å². The second-order valence-corrected chi connectivity index (χ2v) is 5.58. The molecular weight excluding hydrogens is 348 g/mol. The van der Waals surface area contributed by atoms with Crippen LogP contribution in [0.4, 0.5) is 5.69 Å². The first-order valence-electron chi connectivity index (χ1n) is 8.18. The zero-order valence-electron chi connectivity index (χ0n) is 14.6. The molecule has 8 heteroatoms. The number of amidine groups is 1. The van der Waals surface area contributed by atoms with E-state index in [2.05, 4.69) is 10.4 Å². The van der Waals surface area contributed by atoms with Crippen molar-refractivity contribution < 1.29 is 13.9 Å². The monoisotopic (exact) mass is 366 g/mol. The molecule has 3 aromatic rings. The lowest BCUT2D eigenvalue weighted by Crippen LogP contribution is -2.18. The Morgan fingerprint density at radius 1 is 1.22 bits per heavy atom. The number of ether oxygens (including phenoxy) is 1. The van der Waals surface area contributed by atoms with E-state index in [0.29, 0.717) is 29.0 Å². The Kier molecular flexibility index (Phi) is 5.07. The topological polar surface area (TPSA) is 133 Å². The van der Waals surface area contributed by atoms with Crippen LogP contribution < -0.4 is 27.1 Å². The molecule has 0 aliphatic carbocycles. The van der Waals surface area contributed by atoms with E-state index >= 15 is 0 Å². The van der Waals surface area contributed by atoms with Crippen LogP contribution in [-0.2, 0) is 0 Å². The first kappa shape index (κ1) is 18.0. The van der Waals surface area contributed by atoms with Gasteiger partial charge in [-0.25, -0.2) is 0 Å². The van der Waals surface area contributed by atoms with Crippen molar-refractivity contribution in [2.75, 3.05) is 11.9 Å². The summed E-state index contributed by atoms with van der Waals surface area (Å²) in [7, 11) is 0. The molecule has 5 N–H and O–H groups in total. The lowest BCUT2D eigenvalue weighted by molar-refractivity contribution is 0.102. The molecular formula is C19H18N4O4. The van der Waals surface area contributed by atoms with Crippen molar-refractivity contribution in [1.29, 1.82) is 0 Å². The van der Waals surface area contributed by atoms with E-state index in [1.54, 1.807) is 42.5 Å². The van der Waals surface area contributed by atoms with Gasteiger partial charge in [0.15, 0.2) is 22.6 Å². The molecule has 0 aliphatic heterocycles. The van der Waals surface area contributed by atoms with Crippen LogP contribution in [0.5, 0.6) is 5.75 Å². The van der Waals surface area contributed by atoms with Gasteiger partial charge in [0.25, 0.3) is 5.91 Å². The smallest absolute Gasteiger partial charge is 0.255 e. The van der Waals surface area contributed by atoms with Gasteiger partial charge in [-0.2, -0.15) is 5.10 Å². The Balaban J connectivity index is 1.97. The summed E-state index contributed by atoms with van der Waals surface area (Å²) in [6, 6.07) is 12.8. The number of nitrogens with one attached hydrogen (secondary N) is 1. The highest BCUT2D eigenvalue weighted by molar-refractivity contribution is 6.08. The van der Waals surface area contributed by atoms with Crippen LogP contribution in [0.1, 0.15) is 23.0 Å². The maximum absolute atomic E-state index is 12.5. The Morgan fingerprint density at radius 2 is 1.96 bits per heavy atom. The molecule has 0 saturated heterocycles. The van der Waals surface area contributed by atoms with Gasteiger partial charge in [-0.05, 0) is 43.3 Å². The number of anilines is 1. The van der Waals surface area contributed by atoms with Crippen molar-refractivity contribution in [2.45, 2.75) is 6.92 Å². The average molecular weight is 366 g/mol. The summed E-state index contributed by atoms with van der Waals surface area (Å²) in [6.07, 6.45) is 0. The number of amides is 1. The van der Waals surface area contributed by atoms with E-state index in [4.69, 9.17) is 20.7 Å². The van der Waals surface area contributed by atoms with Crippen LogP contribution in [0.25, 0.3) is 11.0 Å². The molecule has 138 valence electrons. The molecule has 0 bridgehead atoms. The SMILES string of the molecule is CCOc1ccc(C(=O)Nc2cccc3c(=O)cc(C(N)=NN)oc23)cc1. The van der Waals surface area contributed by atoms with Crippen molar-refractivity contribution in [2.24, 2.45) is 16.7 Å². The molecule has 1 amide bonds. The van der Waals surface area contributed by atoms with Crippen LogP contribution >= 0.6 is 0 Å². The molecule has 8 nitrogen and oxygen atoms in total. The highest BCUT2D eigenvalue weighted by Crippen LogP contribution is 2.23. The largest absolute Gasteiger partial charge is 0.494 e. The highest BCUT2D eigenvalue weighted by atomic mass is 16.5. The normalized spacial score (nSPS) is 11.4. The van der Waals surface area contributed by atoms with Gasteiger partial charge in [-0.3, -0.25) is 9.59 Å². The minimum absolute atomic E-state index is 0.0257. The third kappa shape index (κ3) is 3.74. The van der Waals surface area contributed by atoms with Crippen LogP contribution in [0.3, 0.4) is 0 Å². The fraction of sp³-hybridized carbons (Fsp3) is 0.105. The van der Waals surface area contributed by atoms with Gasteiger partial charge in [-0.1, -0.05) is 6.07 Å². The maximum Gasteiger partial charge on any atom is 0.255 e. The van der Waals surface area contributed by atoms with Crippen LogP contribution in [-0.4, -0.2) is 18.3 Å². The van der Waals surface area contributed by atoms with Crippen molar-refractivity contribution in [3.8, 4) is 5.75 Å². The van der Waals surface area contributed by atoms with E-state index in [-0.39, 0.29) is 28.5 Å². The average Bonchev–Trinajstić information content (AvgIpc) is 2.68. The second kappa shape index (κ2) is 7.61. The summed E-state index contributed by atoms with van der Waals surface area (Å²) in [5.41, 5.74) is 6.25. The number of carbonyl (C=O) groups excluding carboxylic acids is 1. The number of rotatable bonds is 5. The summed E-state index contributed by atoms with van der Waals surface area (Å²) in [4.78, 5) is 24.8. The lowest BCUT2D eigenvalue weighted by Gasteiger charge is -2.09. The minimum Gasteiger partial charge on any atom is -0.494 e. The second-order valence-electron chi connectivity index (χ2n) is 5.58. The summed E-state index contributed by atoms with van der Waals surface area (Å²) in [6.45, 7) is 2.42. The van der Waals surface area contributed by atoms with Crippen molar-refractivity contribution in [3.05, 3.63) is 70.1 Å². The van der Waals surface area contributed by atoms with Gasteiger partial charge in [0.05, 0.1) is 17.7 Å². The van der Waals surface area contributed by atoms with E-state index in [1.165, 1.54) is 6.07 Å². The fourth-order valence-corrected chi connectivity index (χ4v) is 2.53. The van der Waals surface area contributed by atoms with Crippen LogP contribution in [0.15, 0.2) is 62.8 Å². The van der Waals surface area contributed by atoms with Crippen molar-refractivity contribution in [3.63, 3.8) is 0 Å². The number of fused-ring (bicyclic) bond motifs is 1. The number of hydrogen-bond acceptors (Lipinski definition) is 6. The number of nitrogens with two attached hydrogens (primary N) is 2. The predicted octanol–water partition coefficient (Wildman–Crippen LogP) is 2.02. The Labute approximate surface area is 154 Å².